The normalized spacial score (nSPS) is 23.9. The number of nitriles is 1. The molecule has 2 aliphatic heterocycles. The Kier molecular flexibility index (Phi) is 4.52. The summed E-state index contributed by atoms with van der Waals surface area (Å²) in [6.45, 7) is 2.84. The van der Waals surface area contributed by atoms with E-state index in [-0.39, 0.29) is 0 Å². The van der Waals surface area contributed by atoms with E-state index in [0.29, 0.717) is 41.8 Å². The monoisotopic (exact) mass is 392 g/mol. The number of aryl methyl sites for hydroxylation is 1. The maximum absolute atomic E-state index is 8.92. The van der Waals surface area contributed by atoms with Gasteiger partial charge in [-0.15, -0.1) is 10.2 Å². The molecule has 10 nitrogen and oxygen atoms in total. The Hall–Kier alpha value is -3.19. The third kappa shape index (κ3) is 3.49. The highest BCUT2D eigenvalue weighted by Crippen LogP contribution is 2.36. The average molecular weight is 392 g/mol. The number of nitrogens with one attached hydrogen (secondary N) is 3. The molecule has 5 heterocycles. The molecule has 0 spiro atoms. The van der Waals surface area contributed by atoms with E-state index in [0.717, 1.165) is 30.9 Å². The summed E-state index contributed by atoms with van der Waals surface area (Å²) < 4.78 is 1.87. The molecule has 0 aromatic carbocycles. The van der Waals surface area contributed by atoms with Crippen molar-refractivity contribution in [3.8, 4) is 6.07 Å². The average Bonchev–Trinajstić information content (AvgIpc) is 3.39. The van der Waals surface area contributed by atoms with Gasteiger partial charge < -0.3 is 10.6 Å². The molecular formula is C19H24N10. The lowest BCUT2D eigenvalue weighted by atomic mass is 9.97. The van der Waals surface area contributed by atoms with Crippen LogP contribution in [-0.4, -0.2) is 59.3 Å². The van der Waals surface area contributed by atoms with Gasteiger partial charge in [0.05, 0.1) is 12.3 Å². The molecule has 29 heavy (non-hydrogen) atoms. The zero-order valence-electron chi connectivity index (χ0n) is 16.3. The molecule has 3 aromatic rings. The summed E-state index contributed by atoms with van der Waals surface area (Å²) in [7, 11) is 0. The van der Waals surface area contributed by atoms with E-state index >= 15 is 0 Å². The van der Waals surface area contributed by atoms with Crippen LogP contribution < -0.4 is 10.6 Å². The van der Waals surface area contributed by atoms with Gasteiger partial charge in [0.25, 0.3) is 0 Å². The fourth-order valence-corrected chi connectivity index (χ4v) is 4.74. The highest BCUT2D eigenvalue weighted by molar-refractivity contribution is 5.69. The minimum atomic E-state index is 0.368. The molecule has 2 fully saturated rings. The van der Waals surface area contributed by atoms with E-state index in [2.05, 4.69) is 42.0 Å². The van der Waals surface area contributed by atoms with Crippen molar-refractivity contribution in [1.29, 1.82) is 5.26 Å². The SMILES string of the molecule is Cc1cc(Nc2nc(N[C@@H]3C[C@H]4CC[C@@H](C3)N4CCC#N)cn3cnnc23)n[nH]1. The molecule has 0 saturated carbocycles. The van der Waals surface area contributed by atoms with Crippen molar-refractivity contribution in [2.45, 2.75) is 57.2 Å². The maximum Gasteiger partial charge on any atom is 0.204 e. The minimum Gasteiger partial charge on any atom is -0.366 e. The highest BCUT2D eigenvalue weighted by atomic mass is 15.3. The molecule has 2 bridgehead atoms. The number of aromatic nitrogens is 6. The standard InChI is InChI=1S/C19H24N10/c1-12-7-16(26-25-12)23-18-19-27-21-11-28(19)10-17(24-18)22-13-8-14-3-4-15(9-13)29(14)6-2-5-20/h7,10-11,13-15,22H,2-4,6,8-9H2,1H3,(H2,23,24,25,26)/t13-,14-,15+. The smallest absolute Gasteiger partial charge is 0.204 e. The Bertz CT molecular complexity index is 1030. The number of piperidine rings is 1. The van der Waals surface area contributed by atoms with Gasteiger partial charge in [-0.25, -0.2) is 4.98 Å². The quantitative estimate of drug-likeness (QED) is 0.583. The molecule has 0 unspecified atom stereocenters. The second-order valence-electron chi connectivity index (χ2n) is 7.94. The fraction of sp³-hybridized carbons (Fsp3) is 0.526. The van der Waals surface area contributed by atoms with Crippen molar-refractivity contribution in [2.24, 2.45) is 0 Å². The maximum atomic E-state index is 8.92. The summed E-state index contributed by atoms with van der Waals surface area (Å²) in [4.78, 5) is 7.29. The van der Waals surface area contributed by atoms with Gasteiger partial charge in [-0.3, -0.25) is 14.4 Å². The second kappa shape index (κ2) is 7.33. The molecule has 0 amide bonds. The Labute approximate surface area is 168 Å². The summed E-state index contributed by atoms with van der Waals surface area (Å²) in [6.07, 6.45) is 8.81. The van der Waals surface area contributed by atoms with Gasteiger partial charge in [0.2, 0.25) is 5.65 Å². The number of rotatable bonds is 6. The molecular weight excluding hydrogens is 368 g/mol. The lowest BCUT2D eigenvalue weighted by Crippen LogP contribution is -2.47. The summed E-state index contributed by atoms with van der Waals surface area (Å²) >= 11 is 0. The molecule has 150 valence electrons. The van der Waals surface area contributed by atoms with Crippen LogP contribution in [0.3, 0.4) is 0 Å². The van der Waals surface area contributed by atoms with Gasteiger partial charge in [-0.1, -0.05) is 0 Å². The molecule has 0 aliphatic carbocycles. The summed E-state index contributed by atoms with van der Waals surface area (Å²) in [6, 6.07) is 5.69. The van der Waals surface area contributed by atoms with E-state index < -0.39 is 0 Å². The predicted octanol–water partition coefficient (Wildman–Crippen LogP) is 2.22. The van der Waals surface area contributed by atoms with Gasteiger partial charge >= 0.3 is 0 Å². The minimum absolute atomic E-state index is 0.368. The van der Waals surface area contributed by atoms with E-state index in [9.17, 15) is 0 Å². The van der Waals surface area contributed by atoms with Crippen LogP contribution in [-0.2, 0) is 0 Å². The van der Waals surface area contributed by atoms with Crippen molar-refractivity contribution >= 4 is 23.1 Å². The number of fused-ring (bicyclic) bond motifs is 3. The third-order valence-corrected chi connectivity index (χ3v) is 5.95. The zero-order valence-corrected chi connectivity index (χ0v) is 16.3. The van der Waals surface area contributed by atoms with Crippen LogP contribution in [0.15, 0.2) is 18.6 Å². The molecule has 3 N–H and O–H groups in total. The number of hydrogen-bond acceptors (Lipinski definition) is 8. The molecule has 0 radical (unpaired) electrons. The van der Waals surface area contributed by atoms with Crippen LogP contribution in [0.5, 0.6) is 0 Å². The molecule has 5 rings (SSSR count). The first kappa shape index (κ1) is 17.9. The molecule has 3 aromatic heterocycles. The van der Waals surface area contributed by atoms with E-state index in [1.807, 2.05) is 23.6 Å². The Morgan fingerprint density at radius 3 is 2.83 bits per heavy atom. The van der Waals surface area contributed by atoms with Crippen LogP contribution in [0.4, 0.5) is 17.5 Å². The number of anilines is 3. The molecule has 3 atom stereocenters. The van der Waals surface area contributed by atoms with Crippen molar-refractivity contribution in [3.63, 3.8) is 0 Å². The first-order valence-corrected chi connectivity index (χ1v) is 10.1. The Morgan fingerprint density at radius 2 is 2.10 bits per heavy atom. The van der Waals surface area contributed by atoms with Gasteiger partial charge in [0.15, 0.2) is 11.6 Å². The number of nitrogens with zero attached hydrogens (tertiary/aromatic N) is 7. The Morgan fingerprint density at radius 1 is 1.28 bits per heavy atom. The number of H-pyrrole nitrogens is 1. The summed E-state index contributed by atoms with van der Waals surface area (Å²) in [5, 5.41) is 31.1. The molecule has 2 aliphatic rings. The zero-order chi connectivity index (χ0) is 19.8. The topological polar surface area (TPSA) is 123 Å². The van der Waals surface area contributed by atoms with Gasteiger partial charge in [0.1, 0.15) is 12.1 Å². The van der Waals surface area contributed by atoms with Crippen LogP contribution >= 0.6 is 0 Å². The van der Waals surface area contributed by atoms with Crippen LogP contribution in [0.25, 0.3) is 5.65 Å². The second-order valence-corrected chi connectivity index (χ2v) is 7.94. The fourth-order valence-electron chi connectivity index (χ4n) is 4.74. The van der Waals surface area contributed by atoms with Gasteiger partial charge in [-0.2, -0.15) is 10.4 Å². The van der Waals surface area contributed by atoms with Gasteiger partial charge in [0, 0.05) is 42.9 Å². The largest absolute Gasteiger partial charge is 0.366 e. The van der Waals surface area contributed by atoms with Crippen LogP contribution in [0.1, 0.15) is 37.8 Å². The number of hydrogen-bond donors (Lipinski definition) is 3. The van der Waals surface area contributed by atoms with E-state index in [1.165, 1.54) is 12.8 Å². The first-order valence-electron chi connectivity index (χ1n) is 10.1. The van der Waals surface area contributed by atoms with E-state index in [4.69, 9.17) is 10.2 Å². The third-order valence-electron chi connectivity index (χ3n) is 5.95. The lowest BCUT2D eigenvalue weighted by molar-refractivity contribution is 0.135. The van der Waals surface area contributed by atoms with Crippen molar-refractivity contribution in [3.05, 3.63) is 24.3 Å². The van der Waals surface area contributed by atoms with Crippen molar-refractivity contribution in [2.75, 3.05) is 17.2 Å². The Balaban J connectivity index is 1.34. The summed E-state index contributed by atoms with van der Waals surface area (Å²) in [5.41, 5.74) is 1.63. The van der Waals surface area contributed by atoms with Gasteiger partial charge in [-0.05, 0) is 32.6 Å². The van der Waals surface area contributed by atoms with Crippen molar-refractivity contribution in [1.82, 2.24) is 34.7 Å². The summed E-state index contributed by atoms with van der Waals surface area (Å²) in [5.74, 6) is 2.11. The molecule has 2 saturated heterocycles. The van der Waals surface area contributed by atoms with Crippen LogP contribution in [0, 0.1) is 18.3 Å². The lowest BCUT2D eigenvalue weighted by Gasteiger charge is -2.39. The van der Waals surface area contributed by atoms with E-state index in [1.54, 1.807) is 6.33 Å². The van der Waals surface area contributed by atoms with Crippen molar-refractivity contribution < 1.29 is 0 Å². The first-order chi connectivity index (χ1) is 14.2. The molecule has 10 heteroatoms. The number of aromatic amines is 1. The highest BCUT2D eigenvalue weighted by Gasteiger charge is 2.40. The van der Waals surface area contributed by atoms with Crippen LogP contribution in [0.2, 0.25) is 0 Å². The predicted molar refractivity (Wildman–Crippen MR) is 108 cm³/mol.